The maximum Gasteiger partial charge on any atom is 0.422 e. The lowest BCUT2D eigenvalue weighted by atomic mass is 10.0. The van der Waals surface area contributed by atoms with E-state index >= 15 is 0 Å². The zero-order valence-corrected chi connectivity index (χ0v) is 16.8. The normalized spacial score (nSPS) is 17.8. The van der Waals surface area contributed by atoms with Crippen molar-refractivity contribution in [3.05, 3.63) is 69.7 Å². The van der Waals surface area contributed by atoms with Crippen LogP contribution in [0.5, 0.6) is 5.88 Å². The van der Waals surface area contributed by atoms with E-state index in [0.717, 1.165) is 66.1 Å². The van der Waals surface area contributed by atoms with E-state index in [0.29, 0.717) is 11.3 Å². The predicted octanol–water partition coefficient (Wildman–Crippen LogP) is 1.85. The first-order valence-electron chi connectivity index (χ1n) is 10.1. The number of aromatic nitrogens is 2. The van der Waals surface area contributed by atoms with Crippen LogP contribution in [0.1, 0.15) is 22.4 Å². The van der Waals surface area contributed by atoms with Gasteiger partial charge in [0.15, 0.2) is 6.26 Å². The summed E-state index contributed by atoms with van der Waals surface area (Å²) in [4.78, 5) is 29.9. The highest BCUT2D eigenvalue weighted by Crippen LogP contribution is 2.34. The van der Waals surface area contributed by atoms with Gasteiger partial charge in [-0.3, -0.25) is 9.69 Å². The SMILES string of the molecule is O=C1Nc2ccc(Cn3c(O)coc3=O)cc2C1=Cc1cc(CN2CCOCC2)c[nH]1. The number of rotatable bonds is 5. The number of morpholine rings is 1. The first kappa shape index (κ1) is 19.4. The number of benzene rings is 1. The minimum Gasteiger partial charge on any atom is -0.492 e. The molecule has 2 aliphatic rings. The van der Waals surface area contributed by atoms with Gasteiger partial charge in [-0.1, -0.05) is 6.07 Å². The number of H-pyrrole nitrogens is 1. The van der Waals surface area contributed by atoms with Crippen molar-refractivity contribution in [2.24, 2.45) is 0 Å². The van der Waals surface area contributed by atoms with Crippen molar-refractivity contribution >= 4 is 23.2 Å². The van der Waals surface area contributed by atoms with Gasteiger partial charge in [0, 0.05) is 42.8 Å². The number of hydrogen-bond donors (Lipinski definition) is 3. The third-order valence-corrected chi connectivity index (χ3v) is 5.54. The quantitative estimate of drug-likeness (QED) is 0.541. The lowest BCUT2D eigenvalue weighted by Gasteiger charge is -2.25. The molecule has 0 radical (unpaired) electrons. The van der Waals surface area contributed by atoms with Gasteiger partial charge in [0.05, 0.1) is 25.3 Å². The summed E-state index contributed by atoms with van der Waals surface area (Å²) in [7, 11) is 0. The van der Waals surface area contributed by atoms with E-state index in [1.54, 1.807) is 12.1 Å². The highest BCUT2D eigenvalue weighted by atomic mass is 16.5. The van der Waals surface area contributed by atoms with Crippen LogP contribution in [0.4, 0.5) is 5.69 Å². The standard InChI is InChI=1S/C22H22N4O5/c27-20-13-31-22(29)26(20)12-14-1-2-19-17(8-14)18(21(28)24-19)9-16-7-15(10-23-16)11-25-3-5-30-6-4-25/h1-2,7-10,13,23,27H,3-6,11-12H2,(H,24,28). The molecule has 0 saturated carbocycles. The minimum atomic E-state index is -0.637. The number of oxazole rings is 1. The molecule has 1 amide bonds. The molecule has 3 aromatic rings. The molecule has 1 fully saturated rings. The molecular weight excluding hydrogens is 400 g/mol. The second kappa shape index (κ2) is 7.93. The summed E-state index contributed by atoms with van der Waals surface area (Å²) < 4.78 is 11.2. The van der Waals surface area contributed by atoms with E-state index in [1.165, 1.54) is 0 Å². The van der Waals surface area contributed by atoms with Crippen LogP contribution >= 0.6 is 0 Å². The Morgan fingerprint density at radius 1 is 1.10 bits per heavy atom. The average molecular weight is 422 g/mol. The molecule has 2 aromatic heterocycles. The fourth-order valence-corrected chi connectivity index (χ4v) is 3.94. The lowest BCUT2D eigenvalue weighted by Crippen LogP contribution is -2.35. The molecule has 2 aliphatic heterocycles. The van der Waals surface area contributed by atoms with Crippen LogP contribution in [0, 0.1) is 0 Å². The Labute approximate surface area is 177 Å². The van der Waals surface area contributed by atoms with Gasteiger partial charge in [-0.25, -0.2) is 9.36 Å². The number of aromatic hydroxyl groups is 1. The number of carbonyl (C=O) groups is 1. The van der Waals surface area contributed by atoms with Crippen LogP contribution in [0.15, 0.2) is 45.9 Å². The Morgan fingerprint density at radius 3 is 2.71 bits per heavy atom. The zero-order chi connectivity index (χ0) is 21.4. The first-order valence-corrected chi connectivity index (χ1v) is 10.1. The molecule has 1 aromatic carbocycles. The van der Waals surface area contributed by atoms with E-state index in [1.807, 2.05) is 24.4 Å². The largest absolute Gasteiger partial charge is 0.492 e. The summed E-state index contributed by atoms with van der Waals surface area (Å²) in [6, 6.07) is 7.48. The monoisotopic (exact) mass is 422 g/mol. The van der Waals surface area contributed by atoms with Crippen molar-refractivity contribution < 1.29 is 19.1 Å². The van der Waals surface area contributed by atoms with E-state index in [2.05, 4.69) is 15.2 Å². The van der Waals surface area contributed by atoms with Gasteiger partial charge >= 0.3 is 5.76 Å². The number of ether oxygens (including phenoxy) is 1. The van der Waals surface area contributed by atoms with Crippen LogP contribution in [0.3, 0.4) is 0 Å². The van der Waals surface area contributed by atoms with Gasteiger partial charge in [-0.15, -0.1) is 0 Å². The molecule has 1 saturated heterocycles. The molecule has 3 N–H and O–H groups in total. The van der Waals surface area contributed by atoms with E-state index < -0.39 is 5.76 Å². The van der Waals surface area contributed by atoms with Gasteiger partial charge in [0.25, 0.3) is 5.91 Å². The number of anilines is 1. The highest BCUT2D eigenvalue weighted by molar-refractivity contribution is 6.34. The highest BCUT2D eigenvalue weighted by Gasteiger charge is 2.25. The number of fused-ring (bicyclic) bond motifs is 1. The van der Waals surface area contributed by atoms with Gasteiger partial charge in [0.2, 0.25) is 5.88 Å². The van der Waals surface area contributed by atoms with Gasteiger partial charge < -0.3 is 24.6 Å². The minimum absolute atomic E-state index is 0.141. The smallest absolute Gasteiger partial charge is 0.422 e. The molecule has 160 valence electrons. The maximum atomic E-state index is 12.6. The number of amides is 1. The number of hydrogen-bond acceptors (Lipinski definition) is 6. The topological polar surface area (TPSA) is 113 Å². The molecular formula is C22H22N4O5. The van der Waals surface area contributed by atoms with E-state index in [4.69, 9.17) is 9.15 Å². The molecule has 31 heavy (non-hydrogen) atoms. The number of carbonyl (C=O) groups excluding carboxylic acids is 1. The Morgan fingerprint density at radius 2 is 1.94 bits per heavy atom. The Kier molecular flexibility index (Phi) is 4.97. The van der Waals surface area contributed by atoms with Gasteiger partial charge in [-0.05, 0) is 35.4 Å². The fraction of sp³-hybridized carbons (Fsp3) is 0.273. The molecule has 0 atom stereocenters. The molecule has 9 nitrogen and oxygen atoms in total. The van der Waals surface area contributed by atoms with E-state index in [9.17, 15) is 14.7 Å². The molecule has 0 spiro atoms. The Hall–Kier alpha value is -3.56. The van der Waals surface area contributed by atoms with Crippen molar-refractivity contribution in [2.75, 3.05) is 31.6 Å². The van der Waals surface area contributed by atoms with Crippen LogP contribution in [-0.4, -0.2) is 51.8 Å². The number of nitrogens with one attached hydrogen (secondary N) is 2. The zero-order valence-electron chi connectivity index (χ0n) is 16.8. The third-order valence-electron chi connectivity index (χ3n) is 5.54. The van der Waals surface area contributed by atoms with Crippen molar-refractivity contribution in [1.82, 2.24) is 14.5 Å². The van der Waals surface area contributed by atoms with Gasteiger partial charge in [0.1, 0.15) is 0 Å². The maximum absolute atomic E-state index is 12.6. The summed E-state index contributed by atoms with van der Waals surface area (Å²) in [5.41, 5.74) is 4.76. The third kappa shape index (κ3) is 3.92. The first-order chi connectivity index (χ1) is 15.1. The summed E-state index contributed by atoms with van der Waals surface area (Å²) in [5, 5.41) is 12.6. The number of aromatic amines is 1. The van der Waals surface area contributed by atoms with Crippen molar-refractivity contribution in [1.29, 1.82) is 0 Å². The molecule has 9 heteroatoms. The lowest BCUT2D eigenvalue weighted by molar-refractivity contribution is -0.110. The average Bonchev–Trinajstić information content (AvgIpc) is 3.43. The summed E-state index contributed by atoms with van der Waals surface area (Å²) >= 11 is 0. The van der Waals surface area contributed by atoms with Crippen LogP contribution < -0.4 is 11.1 Å². The molecule has 0 unspecified atom stereocenters. The van der Waals surface area contributed by atoms with Crippen molar-refractivity contribution in [3.63, 3.8) is 0 Å². The Bertz CT molecular complexity index is 1210. The predicted molar refractivity (Wildman–Crippen MR) is 114 cm³/mol. The molecule has 4 heterocycles. The second-order valence-electron chi connectivity index (χ2n) is 7.69. The second-order valence-corrected chi connectivity index (χ2v) is 7.69. The summed E-state index contributed by atoms with van der Waals surface area (Å²) in [6.07, 6.45) is 4.79. The van der Waals surface area contributed by atoms with E-state index in [-0.39, 0.29) is 18.3 Å². The summed E-state index contributed by atoms with van der Waals surface area (Å²) in [5.74, 6) is -1.06. The van der Waals surface area contributed by atoms with Crippen LogP contribution in [0.2, 0.25) is 0 Å². The van der Waals surface area contributed by atoms with Crippen LogP contribution in [0.25, 0.3) is 11.6 Å². The van der Waals surface area contributed by atoms with Crippen molar-refractivity contribution in [3.8, 4) is 5.88 Å². The summed E-state index contributed by atoms with van der Waals surface area (Å²) in [6.45, 7) is 4.30. The van der Waals surface area contributed by atoms with Gasteiger partial charge in [-0.2, -0.15) is 0 Å². The molecule has 5 rings (SSSR count). The molecule has 0 aliphatic carbocycles. The molecule has 0 bridgehead atoms. The number of nitrogens with zero attached hydrogens (tertiary/aromatic N) is 2. The Balaban J connectivity index is 1.39. The fourth-order valence-electron chi connectivity index (χ4n) is 3.94. The van der Waals surface area contributed by atoms with Crippen molar-refractivity contribution in [2.45, 2.75) is 13.1 Å². The van der Waals surface area contributed by atoms with Crippen LogP contribution in [-0.2, 0) is 22.6 Å².